The van der Waals surface area contributed by atoms with Crippen molar-refractivity contribution in [2.24, 2.45) is 11.7 Å². The Morgan fingerprint density at radius 1 is 1.29 bits per heavy atom. The Morgan fingerprint density at radius 2 is 1.90 bits per heavy atom. The summed E-state index contributed by atoms with van der Waals surface area (Å²) in [4.78, 5) is 13.9. The van der Waals surface area contributed by atoms with Crippen LogP contribution in [0.1, 0.15) is 32.3 Å². The van der Waals surface area contributed by atoms with Gasteiger partial charge in [-0.15, -0.1) is 12.4 Å². The predicted octanol–water partition coefficient (Wildman–Crippen LogP) is 3.02. The summed E-state index contributed by atoms with van der Waals surface area (Å²) >= 11 is 0. The third-order valence-corrected chi connectivity index (χ3v) is 3.62. The Kier molecular flexibility index (Phi) is 6.05. The molecule has 5 heteroatoms. The molecule has 0 radical (unpaired) electrons. The molecule has 1 aliphatic rings. The maximum Gasteiger partial charge on any atom is 0.410 e. The van der Waals surface area contributed by atoms with Gasteiger partial charge in [0, 0.05) is 19.0 Å². The SMILES string of the molecule is CC(C)(C)OC(=O)N1C[C@@H](CN)[C@H](c2ccccc2)C1.Cl. The van der Waals surface area contributed by atoms with Gasteiger partial charge in [-0.1, -0.05) is 30.3 Å². The second kappa shape index (κ2) is 7.14. The van der Waals surface area contributed by atoms with E-state index in [0.29, 0.717) is 31.5 Å². The third kappa shape index (κ3) is 4.61. The summed E-state index contributed by atoms with van der Waals surface area (Å²) in [6.07, 6.45) is -0.241. The van der Waals surface area contributed by atoms with Gasteiger partial charge in [0.2, 0.25) is 0 Å². The Bertz CT molecular complexity index is 459. The molecule has 2 atom stereocenters. The molecular weight excluding hydrogens is 288 g/mol. The molecule has 0 saturated carbocycles. The van der Waals surface area contributed by atoms with Gasteiger partial charge in [0.25, 0.3) is 0 Å². The Balaban J connectivity index is 0.00000220. The number of likely N-dealkylation sites (tertiary alicyclic amines) is 1. The van der Waals surface area contributed by atoms with E-state index in [1.807, 2.05) is 39.0 Å². The third-order valence-electron chi connectivity index (χ3n) is 3.62. The lowest BCUT2D eigenvalue weighted by atomic mass is 9.89. The normalized spacial score (nSPS) is 21.8. The van der Waals surface area contributed by atoms with Crippen LogP contribution in [0.2, 0.25) is 0 Å². The molecule has 2 N–H and O–H groups in total. The number of hydrogen-bond donors (Lipinski definition) is 1. The van der Waals surface area contributed by atoms with Crippen molar-refractivity contribution in [2.75, 3.05) is 19.6 Å². The van der Waals surface area contributed by atoms with E-state index in [0.717, 1.165) is 0 Å². The lowest BCUT2D eigenvalue weighted by Gasteiger charge is -2.24. The topological polar surface area (TPSA) is 55.6 Å². The van der Waals surface area contributed by atoms with E-state index < -0.39 is 5.60 Å². The maximum atomic E-state index is 12.2. The number of rotatable bonds is 2. The summed E-state index contributed by atoms with van der Waals surface area (Å²) in [5.41, 5.74) is 6.66. The summed E-state index contributed by atoms with van der Waals surface area (Å²) in [6, 6.07) is 10.3. The lowest BCUT2D eigenvalue weighted by molar-refractivity contribution is 0.0287. The summed E-state index contributed by atoms with van der Waals surface area (Å²) in [5, 5.41) is 0. The largest absolute Gasteiger partial charge is 0.444 e. The molecule has 2 rings (SSSR count). The van der Waals surface area contributed by atoms with E-state index >= 15 is 0 Å². The molecule has 1 aliphatic heterocycles. The molecule has 0 aliphatic carbocycles. The molecule has 118 valence electrons. The average molecular weight is 313 g/mol. The zero-order valence-electron chi connectivity index (χ0n) is 12.9. The summed E-state index contributed by atoms with van der Waals surface area (Å²) in [6.45, 7) is 7.59. The number of amides is 1. The monoisotopic (exact) mass is 312 g/mol. The predicted molar refractivity (Wildman–Crippen MR) is 86.8 cm³/mol. The standard InChI is InChI=1S/C16H24N2O2.ClH/c1-16(2,3)20-15(19)18-10-13(9-17)14(11-18)12-7-5-4-6-8-12;/h4-8,13-14H,9-11,17H2,1-3H3;1H/t13-,14+;/m1./s1. The van der Waals surface area contributed by atoms with E-state index in [4.69, 9.17) is 10.5 Å². The molecule has 1 amide bonds. The van der Waals surface area contributed by atoms with Crippen LogP contribution in [0.25, 0.3) is 0 Å². The van der Waals surface area contributed by atoms with Crippen molar-refractivity contribution in [1.29, 1.82) is 0 Å². The molecular formula is C16H25ClN2O2. The highest BCUT2D eigenvalue weighted by atomic mass is 35.5. The highest BCUT2D eigenvalue weighted by Crippen LogP contribution is 2.32. The van der Waals surface area contributed by atoms with Crippen molar-refractivity contribution in [3.63, 3.8) is 0 Å². The first-order valence-corrected chi connectivity index (χ1v) is 7.13. The van der Waals surface area contributed by atoms with E-state index in [-0.39, 0.29) is 18.5 Å². The second-order valence-corrected chi connectivity index (χ2v) is 6.40. The Hall–Kier alpha value is -1.26. The van der Waals surface area contributed by atoms with Crippen LogP contribution < -0.4 is 5.73 Å². The fraction of sp³-hybridized carbons (Fsp3) is 0.562. The minimum Gasteiger partial charge on any atom is -0.444 e. The highest BCUT2D eigenvalue weighted by molar-refractivity contribution is 5.85. The van der Waals surface area contributed by atoms with Crippen molar-refractivity contribution in [3.8, 4) is 0 Å². The molecule has 1 fully saturated rings. The van der Waals surface area contributed by atoms with Crippen LogP contribution in [0.3, 0.4) is 0 Å². The number of nitrogens with zero attached hydrogens (tertiary/aromatic N) is 1. The van der Waals surface area contributed by atoms with Crippen molar-refractivity contribution in [3.05, 3.63) is 35.9 Å². The number of halogens is 1. The van der Waals surface area contributed by atoms with Gasteiger partial charge in [-0.05, 0) is 38.8 Å². The van der Waals surface area contributed by atoms with Gasteiger partial charge in [-0.25, -0.2) is 4.79 Å². The van der Waals surface area contributed by atoms with Crippen molar-refractivity contribution in [2.45, 2.75) is 32.3 Å². The van der Waals surface area contributed by atoms with Gasteiger partial charge in [0.1, 0.15) is 5.60 Å². The van der Waals surface area contributed by atoms with E-state index in [9.17, 15) is 4.79 Å². The van der Waals surface area contributed by atoms with Crippen LogP contribution in [0.5, 0.6) is 0 Å². The zero-order chi connectivity index (χ0) is 14.8. The molecule has 1 aromatic carbocycles. The number of carbonyl (C=O) groups excluding carboxylic acids is 1. The van der Waals surface area contributed by atoms with Gasteiger partial charge >= 0.3 is 6.09 Å². The molecule has 1 aromatic rings. The second-order valence-electron chi connectivity index (χ2n) is 6.40. The summed E-state index contributed by atoms with van der Waals surface area (Å²) in [7, 11) is 0. The van der Waals surface area contributed by atoms with Crippen LogP contribution in [0.15, 0.2) is 30.3 Å². The Morgan fingerprint density at radius 3 is 2.43 bits per heavy atom. The number of nitrogens with two attached hydrogens (primary N) is 1. The lowest BCUT2D eigenvalue weighted by Crippen LogP contribution is -2.35. The fourth-order valence-electron chi connectivity index (χ4n) is 2.66. The molecule has 1 heterocycles. The first-order valence-electron chi connectivity index (χ1n) is 7.13. The van der Waals surface area contributed by atoms with E-state index in [1.54, 1.807) is 4.90 Å². The minimum atomic E-state index is -0.458. The van der Waals surface area contributed by atoms with Crippen LogP contribution in [0.4, 0.5) is 4.79 Å². The van der Waals surface area contributed by atoms with Gasteiger partial charge < -0.3 is 15.4 Å². The number of carbonyl (C=O) groups is 1. The summed E-state index contributed by atoms with van der Waals surface area (Å²) < 4.78 is 5.44. The highest BCUT2D eigenvalue weighted by Gasteiger charge is 2.36. The van der Waals surface area contributed by atoms with Gasteiger partial charge in [-0.3, -0.25) is 0 Å². The maximum absolute atomic E-state index is 12.2. The molecule has 0 bridgehead atoms. The molecule has 0 spiro atoms. The smallest absolute Gasteiger partial charge is 0.410 e. The molecule has 1 saturated heterocycles. The van der Waals surface area contributed by atoms with Crippen molar-refractivity contribution < 1.29 is 9.53 Å². The van der Waals surface area contributed by atoms with E-state index in [1.165, 1.54) is 5.56 Å². The van der Waals surface area contributed by atoms with Crippen LogP contribution in [0, 0.1) is 5.92 Å². The zero-order valence-corrected chi connectivity index (χ0v) is 13.7. The molecule has 4 nitrogen and oxygen atoms in total. The van der Waals surface area contributed by atoms with E-state index in [2.05, 4.69) is 12.1 Å². The quantitative estimate of drug-likeness (QED) is 0.913. The first kappa shape index (κ1) is 17.8. The van der Waals surface area contributed by atoms with Gasteiger partial charge in [0.15, 0.2) is 0 Å². The van der Waals surface area contributed by atoms with Crippen LogP contribution >= 0.6 is 12.4 Å². The minimum absolute atomic E-state index is 0. The van der Waals surface area contributed by atoms with Crippen LogP contribution in [-0.4, -0.2) is 36.2 Å². The first-order chi connectivity index (χ1) is 9.40. The van der Waals surface area contributed by atoms with Crippen LogP contribution in [-0.2, 0) is 4.74 Å². The number of ether oxygens (including phenoxy) is 1. The number of benzene rings is 1. The van der Waals surface area contributed by atoms with Crippen molar-refractivity contribution >= 4 is 18.5 Å². The van der Waals surface area contributed by atoms with Gasteiger partial charge in [0.05, 0.1) is 0 Å². The number of hydrogen-bond acceptors (Lipinski definition) is 3. The Labute approximate surface area is 133 Å². The molecule has 21 heavy (non-hydrogen) atoms. The molecule has 0 aromatic heterocycles. The fourth-order valence-corrected chi connectivity index (χ4v) is 2.66. The summed E-state index contributed by atoms with van der Waals surface area (Å²) in [5.74, 6) is 0.596. The van der Waals surface area contributed by atoms with Crippen molar-refractivity contribution in [1.82, 2.24) is 4.90 Å². The van der Waals surface area contributed by atoms with Gasteiger partial charge in [-0.2, -0.15) is 0 Å². The average Bonchev–Trinajstić information content (AvgIpc) is 2.82. The molecule has 0 unspecified atom stereocenters.